The first kappa shape index (κ1) is 11.2. The number of hydrogen-bond donors (Lipinski definition) is 1. The highest BCUT2D eigenvalue weighted by Gasteiger charge is 2.04. The summed E-state index contributed by atoms with van der Waals surface area (Å²) in [5.41, 5.74) is 0. The number of rotatable bonds is 6. The van der Waals surface area contributed by atoms with Crippen LogP contribution in [0.4, 0.5) is 0 Å². The molecule has 3 nitrogen and oxygen atoms in total. The molecule has 0 rings (SSSR count). The Morgan fingerprint density at radius 1 is 1.36 bits per heavy atom. The molecule has 0 aliphatic carbocycles. The molecule has 0 saturated carbocycles. The molecule has 1 N–H and O–H groups in total. The van der Waals surface area contributed by atoms with Gasteiger partial charge in [0.05, 0.1) is 0 Å². The molecular weight excluding hydrogens is 186 g/mol. The average molecular weight is 200 g/mol. The van der Waals surface area contributed by atoms with Gasteiger partial charge in [0, 0.05) is 6.54 Å². The molecule has 0 aliphatic rings. The molecule has 0 aliphatic heterocycles. The maximum Gasteiger partial charge on any atom is 0.225 e. The van der Waals surface area contributed by atoms with Crippen LogP contribution in [0, 0.1) is 0 Å². The van der Waals surface area contributed by atoms with Gasteiger partial charge in [0.2, 0.25) is 10.0 Å². The molecule has 0 saturated heterocycles. The van der Waals surface area contributed by atoms with Gasteiger partial charge in [-0.15, -0.1) is 11.6 Å². The van der Waals surface area contributed by atoms with E-state index in [-0.39, 0.29) is 5.21 Å². The molecular formula is C6H14ClNO2S. The lowest BCUT2D eigenvalue weighted by molar-refractivity contribution is 0.580. The van der Waals surface area contributed by atoms with Gasteiger partial charge in [0.15, 0.2) is 0 Å². The molecule has 0 unspecified atom stereocenters. The maximum absolute atomic E-state index is 10.7. The number of halogens is 1. The molecule has 0 fully saturated rings. The SMILES string of the molecule is CCCCCNS(=O)(=O)CCl. The lowest BCUT2D eigenvalue weighted by atomic mass is 10.3. The Morgan fingerprint density at radius 3 is 2.45 bits per heavy atom. The molecule has 0 heterocycles. The van der Waals surface area contributed by atoms with E-state index in [0.29, 0.717) is 6.54 Å². The third kappa shape index (κ3) is 6.59. The topological polar surface area (TPSA) is 46.2 Å². The smallest absolute Gasteiger partial charge is 0.214 e. The highest BCUT2D eigenvalue weighted by atomic mass is 35.5. The van der Waals surface area contributed by atoms with Gasteiger partial charge in [-0.25, -0.2) is 13.1 Å². The first-order chi connectivity index (χ1) is 5.12. The van der Waals surface area contributed by atoms with Crippen LogP contribution in [0.1, 0.15) is 26.2 Å². The number of nitrogens with one attached hydrogen (secondary N) is 1. The molecule has 0 aromatic heterocycles. The molecule has 0 bridgehead atoms. The fourth-order valence-corrected chi connectivity index (χ4v) is 1.41. The monoisotopic (exact) mass is 199 g/mol. The van der Waals surface area contributed by atoms with E-state index in [1.165, 1.54) is 0 Å². The second kappa shape index (κ2) is 5.80. The van der Waals surface area contributed by atoms with E-state index in [2.05, 4.69) is 11.6 Å². The largest absolute Gasteiger partial charge is 0.225 e. The highest BCUT2D eigenvalue weighted by molar-refractivity contribution is 7.90. The number of unbranched alkanes of at least 4 members (excludes halogenated alkanes) is 2. The zero-order valence-electron chi connectivity index (χ0n) is 6.64. The van der Waals surface area contributed by atoms with Crippen molar-refractivity contribution in [2.24, 2.45) is 0 Å². The Morgan fingerprint density at radius 2 is 2.00 bits per heavy atom. The van der Waals surface area contributed by atoms with E-state index < -0.39 is 10.0 Å². The van der Waals surface area contributed by atoms with Crippen molar-refractivity contribution in [3.8, 4) is 0 Å². The molecule has 0 radical (unpaired) electrons. The summed E-state index contributed by atoms with van der Waals surface area (Å²) < 4.78 is 23.8. The number of alkyl halides is 1. The molecule has 68 valence electrons. The Bertz CT molecular complexity index is 179. The summed E-state index contributed by atoms with van der Waals surface area (Å²) in [6.07, 6.45) is 3.01. The normalized spacial score (nSPS) is 11.8. The van der Waals surface area contributed by atoms with Crippen LogP contribution in [-0.4, -0.2) is 20.2 Å². The second-order valence-electron chi connectivity index (χ2n) is 2.33. The first-order valence-electron chi connectivity index (χ1n) is 3.65. The van der Waals surface area contributed by atoms with Gasteiger partial charge in [0.25, 0.3) is 0 Å². The van der Waals surface area contributed by atoms with E-state index in [0.717, 1.165) is 19.3 Å². The van der Waals surface area contributed by atoms with E-state index in [9.17, 15) is 8.42 Å². The van der Waals surface area contributed by atoms with Crippen LogP contribution in [0.3, 0.4) is 0 Å². The van der Waals surface area contributed by atoms with E-state index in [4.69, 9.17) is 11.6 Å². The van der Waals surface area contributed by atoms with Gasteiger partial charge < -0.3 is 0 Å². The van der Waals surface area contributed by atoms with Gasteiger partial charge in [0.1, 0.15) is 5.21 Å². The fourth-order valence-electron chi connectivity index (χ4n) is 0.641. The Labute approximate surface area is 73.2 Å². The Kier molecular flexibility index (Phi) is 5.91. The maximum atomic E-state index is 10.7. The van der Waals surface area contributed by atoms with Crippen LogP contribution in [0.25, 0.3) is 0 Å². The average Bonchev–Trinajstić information content (AvgIpc) is 1.99. The molecule has 0 aromatic rings. The number of hydrogen-bond acceptors (Lipinski definition) is 2. The quantitative estimate of drug-likeness (QED) is 0.518. The Hall–Kier alpha value is 0.200. The zero-order chi connectivity index (χ0) is 8.74. The molecule has 0 aromatic carbocycles. The van der Waals surface area contributed by atoms with Crippen molar-refractivity contribution in [1.29, 1.82) is 0 Å². The predicted octanol–water partition coefficient (Wildman–Crippen LogP) is 1.29. The second-order valence-corrected chi connectivity index (χ2v) is 4.72. The summed E-state index contributed by atoms with van der Waals surface area (Å²) in [4.78, 5) is 0. The van der Waals surface area contributed by atoms with E-state index >= 15 is 0 Å². The van der Waals surface area contributed by atoms with Crippen LogP contribution < -0.4 is 4.72 Å². The van der Waals surface area contributed by atoms with Gasteiger partial charge in [-0.1, -0.05) is 19.8 Å². The molecule has 11 heavy (non-hydrogen) atoms. The van der Waals surface area contributed by atoms with Crippen molar-refractivity contribution < 1.29 is 8.42 Å². The van der Waals surface area contributed by atoms with Crippen molar-refractivity contribution in [2.75, 3.05) is 11.8 Å². The summed E-state index contributed by atoms with van der Waals surface area (Å²) in [5.74, 6) is 0. The standard InChI is InChI=1S/C6H14ClNO2S/c1-2-3-4-5-8-11(9,10)6-7/h8H,2-6H2,1H3. The summed E-state index contributed by atoms with van der Waals surface area (Å²) in [6, 6.07) is 0. The lowest BCUT2D eigenvalue weighted by Gasteiger charge is -2.01. The molecule has 0 spiro atoms. The van der Waals surface area contributed by atoms with Crippen LogP contribution in [0.15, 0.2) is 0 Å². The van der Waals surface area contributed by atoms with Gasteiger partial charge in [-0.05, 0) is 6.42 Å². The summed E-state index contributed by atoms with van der Waals surface area (Å²) in [7, 11) is -3.18. The highest BCUT2D eigenvalue weighted by Crippen LogP contribution is 1.93. The van der Waals surface area contributed by atoms with Crippen LogP contribution in [-0.2, 0) is 10.0 Å². The minimum absolute atomic E-state index is 0.348. The Balaban J connectivity index is 3.39. The third-order valence-corrected chi connectivity index (χ3v) is 3.04. The van der Waals surface area contributed by atoms with E-state index in [1.54, 1.807) is 0 Å². The van der Waals surface area contributed by atoms with Gasteiger partial charge in [-0.2, -0.15) is 0 Å². The van der Waals surface area contributed by atoms with Gasteiger partial charge >= 0.3 is 0 Å². The molecule has 0 amide bonds. The molecule has 0 atom stereocenters. The summed E-state index contributed by atoms with van der Waals surface area (Å²) in [6.45, 7) is 2.57. The predicted molar refractivity (Wildman–Crippen MR) is 47.2 cm³/mol. The van der Waals surface area contributed by atoms with Gasteiger partial charge in [-0.3, -0.25) is 0 Å². The van der Waals surface area contributed by atoms with Crippen LogP contribution in [0.2, 0.25) is 0 Å². The van der Waals surface area contributed by atoms with Crippen molar-refractivity contribution in [2.45, 2.75) is 26.2 Å². The van der Waals surface area contributed by atoms with E-state index in [1.807, 2.05) is 0 Å². The van der Waals surface area contributed by atoms with Crippen molar-refractivity contribution in [3.05, 3.63) is 0 Å². The van der Waals surface area contributed by atoms with Crippen molar-refractivity contribution in [3.63, 3.8) is 0 Å². The minimum Gasteiger partial charge on any atom is -0.214 e. The molecule has 5 heteroatoms. The first-order valence-corrected chi connectivity index (χ1v) is 5.84. The zero-order valence-corrected chi connectivity index (χ0v) is 8.21. The summed E-state index contributed by atoms with van der Waals surface area (Å²) in [5, 5.41) is -0.348. The minimum atomic E-state index is -3.18. The van der Waals surface area contributed by atoms with Crippen LogP contribution >= 0.6 is 11.6 Å². The third-order valence-electron chi connectivity index (χ3n) is 1.25. The fraction of sp³-hybridized carbons (Fsp3) is 1.00. The van der Waals surface area contributed by atoms with Crippen molar-refractivity contribution in [1.82, 2.24) is 4.72 Å². The van der Waals surface area contributed by atoms with Crippen LogP contribution in [0.5, 0.6) is 0 Å². The lowest BCUT2D eigenvalue weighted by Crippen LogP contribution is -2.25. The summed E-state index contributed by atoms with van der Waals surface area (Å²) >= 11 is 5.16. The number of sulfonamides is 1. The van der Waals surface area contributed by atoms with Crippen molar-refractivity contribution >= 4 is 21.6 Å².